The largest absolute Gasteiger partial charge is 0.318 e. The van der Waals surface area contributed by atoms with Gasteiger partial charge in [0.1, 0.15) is 5.69 Å². The summed E-state index contributed by atoms with van der Waals surface area (Å²) in [7, 11) is 0. The Morgan fingerprint density at radius 3 is 2.24 bits per heavy atom. The minimum atomic E-state index is -0.409. The van der Waals surface area contributed by atoms with E-state index in [1.165, 1.54) is 0 Å². The number of anilines is 1. The monoisotopic (exact) mass is 294 g/mol. The van der Waals surface area contributed by atoms with E-state index in [9.17, 15) is 10.1 Å². The van der Waals surface area contributed by atoms with Gasteiger partial charge in [-0.25, -0.2) is 0 Å². The molecule has 0 bridgehead atoms. The van der Waals surface area contributed by atoms with Crippen molar-refractivity contribution in [2.75, 3.05) is 18.5 Å². The average molecular weight is 294 g/mol. The molecule has 0 saturated heterocycles. The number of nitro benzene ring substituents is 1. The van der Waals surface area contributed by atoms with Crippen LogP contribution in [0.2, 0.25) is 0 Å². The van der Waals surface area contributed by atoms with Crippen molar-refractivity contribution in [2.45, 2.75) is 34.2 Å². The highest BCUT2D eigenvalue weighted by molar-refractivity contribution is 5.61. The van der Waals surface area contributed by atoms with Gasteiger partial charge in [0.2, 0.25) is 0 Å². The van der Waals surface area contributed by atoms with Crippen LogP contribution in [0.3, 0.4) is 0 Å². The first kappa shape index (κ1) is 17.4. The molecule has 0 heterocycles. The molecule has 0 aliphatic carbocycles. The van der Waals surface area contributed by atoms with E-state index in [0.717, 1.165) is 18.7 Å². The van der Waals surface area contributed by atoms with Gasteiger partial charge in [0.05, 0.1) is 4.92 Å². The van der Waals surface area contributed by atoms with E-state index in [-0.39, 0.29) is 5.69 Å². The summed E-state index contributed by atoms with van der Waals surface area (Å²) in [6.45, 7) is 11.4. The van der Waals surface area contributed by atoms with Gasteiger partial charge in [0.25, 0.3) is 5.69 Å². The number of nitrogens with one attached hydrogen (secondary N) is 1. The summed E-state index contributed by atoms with van der Waals surface area (Å²) in [5.41, 5.74) is 3.65. The molecule has 6 nitrogen and oxygen atoms in total. The molecule has 0 radical (unpaired) electrons. The van der Waals surface area contributed by atoms with E-state index in [2.05, 4.69) is 38.0 Å². The molecule has 6 heteroatoms. The number of nitro groups is 1. The Morgan fingerprint density at radius 2 is 1.81 bits per heavy atom. The molecule has 1 aromatic carbocycles. The first-order valence-corrected chi connectivity index (χ1v) is 7.29. The number of hydrogen-bond acceptors (Lipinski definition) is 5. The third-order valence-corrected chi connectivity index (χ3v) is 3.07. The lowest BCUT2D eigenvalue weighted by Gasteiger charge is -2.26. The van der Waals surface area contributed by atoms with E-state index >= 15 is 0 Å². The summed E-state index contributed by atoms with van der Waals surface area (Å²) in [6, 6.07) is 5.15. The molecule has 0 aliphatic rings. The molecule has 0 saturated carbocycles. The predicted octanol–water partition coefficient (Wildman–Crippen LogP) is 2.99. The zero-order valence-corrected chi connectivity index (χ0v) is 13.3. The van der Waals surface area contributed by atoms with Crippen LogP contribution in [0.15, 0.2) is 18.2 Å². The molecular weight excluding hydrogens is 268 g/mol. The van der Waals surface area contributed by atoms with Gasteiger partial charge in [-0.2, -0.15) is 0 Å². The van der Waals surface area contributed by atoms with Crippen LogP contribution in [-0.2, 0) is 6.54 Å². The van der Waals surface area contributed by atoms with Crippen molar-refractivity contribution in [3.8, 4) is 0 Å². The predicted molar refractivity (Wildman–Crippen MR) is 85.9 cm³/mol. The number of hydrazine groups is 1. The summed E-state index contributed by atoms with van der Waals surface area (Å²) < 4.78 is 0. The normalized spacial score (nSPS) is 11.4. The summed E-state index contributed by atoms with van der Waals surface area (Å²) in [4.78, 5) is 13.0. The first-order valence-electron chi connectivity index (χ1n) is 7.29. The van der Waals surface area contributed by atoms with Gasteiger partial charge in [-0.05, 0) is 23.5 Å². The molecule has 0 amide bonds. The number of benzene rings is 1. The smallest absolute Gasteiger partial charge is 0.293 e. The van der Waals surface area contributed by atoms with E-state index in [1.54, 1.807) is 12.1 Å². The fraction of sp³-hybridized carbons (Fsp3) is 0.600. The van der Waals surface area contributed by atoms with Crippen LogP contribution in [0.1, 0.15) is 33.3 Å². The molecule has 0 aromatic heterocycles. The summed E-state index contributed by atoms with van der Waals surface area (Å²) in [6.07, 6.45) is 0. The Labute approximate surface area is 126 Å². The van der Waals surface area contributed by atoms with Crippen LogP contribution >= 0.6 is 0 Å². The molecule has 118 valence electrons. The van der Waals surface area contributed by atoms with Crippen molar-refractivity contribution < 1.29 is 4.92 Å². The first-order chi connectivity index (χ1) is 9.83. The van der Waals surface area contributed by atoms with Crippen molar-refractivity contribution in [3.05, 3.63) is 33.9 Å². The van der Waals surface area contributed by atoms with Crippen LogP contribution in [0.5, 0.6) is 0 Å². The highest BCUT2D eigenvalue weighted by Gasteiger charge is 2.16. The fourth-order valence-corrected chi connectivity index (χ4v) is 2.44. The van der Waals surface area contributed by atoms with E-state index < -0.39 is 4.92 Å². The van der Waals surface area contributed by atoms with Crippen molar-refractivity contribution in [1.82, 2.24) is 4.90 Å². The molecule has 3 N–H and O–H groups in total. The van der Waals surface area contributed by atoms with Crippen molar-refractivity contribution in [2.24, 2.45) is 17.7 Å². The lowest BCUT2D eigenvalue weighted by Crippen LogP contribution is -2.31. The van der Waals surface area contributed by atoms with Gasteiger partial charge >= 0.3 is 0 Å². The molecule has 21 heavy (non-hydrogen) atoms. The topological polar surface area (TPSA) is 84.4 Å². The Kier molecular flexibility index (Phi) is 6.58. The third kappa shape index (κ3) is 5.69. The lowest BCUT2D eigenvalue weighted by atomic mass is 10.1. The van der Waals surface area contributed by atoms with Gasteiger partial charge in [-0.1, -0.05) is 33.8 Å². The van der Waals surface area contributed by atoms with Crippen LogP contribution in [0, 0.1) is 22.0 Å². The maximum absolute atomic E-state index is 11.1. The highest BCUT2D eigenvalue weighted by atomic mass is 16.6. The van der Waals surface area contributed by atoms with Gasteiger partial charge in [-0.3, -0.25) is 20.9 Å². The standard InChI is InChI=1S/C15H26N4O2/c1-11(2)8-18(9-12(3)4)10-13-5-6-14(17-16)15(7-13)19(20)21/h5-7,11-12,17H,8-10,16H2,1-4H3. The molecule has 1 aromatic rings. The van der Waals surface area contributed by atoms with Crippen LogP contribution in [-0.4, -0.2) is 22.9 Å². The van der Waals surface area contributed by atoms with Crippen LogP contribution in [0.25, 0.3) is 0 Å². The Balaban J connectivity index is 2.92. The Hall–Kier alpha value is -1.66. The fourth-order valence-electron chi connectivity index (χ4n) is 2.44. The molecule has 0 unspecified atom stereocenters. The van der Waals surface area contributed by atoms with Crippen LogP contribution in [0.4, 0.5) is 11.4 Å². The SMILES string of the molecule is CC(C)CN(Cc1ccc(NN)c([N+](=O)[O-])c1)CC(C)C. The highest BCUT2D eigenvalue weighted by Crippen LogP contribution is 2.25. The molecule has 0 aliphatic heterocycles. The van der Waals surface area contributed by atoms with Crippen molar-refractivity contribution in [1.29, 1.82) is 0 Å². The maximum Gasteiger partial charge on any atom is 0.293 e. The maximum atomic E-state index is 11.1. The molecule has 0 fully saturated rings. The second-order valence-corrected chi connectivity index (χ2v) is 6.23. The van der Waals surface area contributed by atoms with Crippen molar-refractivity contribution in [3.63, 3.8) is 0 Å². The number of rotatable bonds is 8. The summed E-state index contributed by atoms with van der Waals surface area (Å²) in [5.74, 6) is 6.42. The van der Waals surface area contributed by atoms with Gasteiger partial charge in [0, 0.05) is 25.7 Å². The second kappa shape index (κ2) is 7.95. The van der Waals surface area contributed by atoms with Gasteiger partial charge < -0.3 is 5.43 Å². The van der Waals surface area contributed by atoms with Gasteiger partial charge in [0.15, 0.2) is 0 Å². The van der Waals surface area contributed by atoms with E-state index in [4.69, 9.17) is 5.84 Å². The van der Waals surface area contributed by atoms with Crippen molar-refractivity contribution >= 4 is 11.4 Å². The summed E-state index contributed by atoms with van der Waals surface area (Å²) >= 11 is 0. The minimum Gasteiger partial charge on any atom is -0.318 e. The van der Waals surface area contributed by atoms with E-state index in [0.29, 0.717) is 24.1 Å². The van der Waals surface area contributed by atoms with E-state index in [1.807, 2.05) is 6.07 Å². The lowest BCUT2D eigenvalue weighted by molar-refractivity contribution is -0.384. The number of hydrogen-bond donors (Lipinski definition) is 2. The third-order valence-electron chi connectivity index (χ3n) is 3.07. The molecular formula is C15H26N4O2. The number of nitrogen functional groups attached to an aromatic ring is 1. The zero-order chi connectivity index (χ0) is 16.0. The Morgan fingerprint density at radius 1 is 1.24 bits per heavy atom. The summed E-state index contributed by atoms with van der Waals surface area (Å²) in [5, 5.41) is 11.1. The average Bonchev–Trinajstić information content (AvgIpc) is 2.36. The number of nitrogens with zero attached hydrogens (tertiary/aromatic N) is 2. The number of nitrogens with two attached hydrogens (primary N) is 1. The molecule has 1 rings (SSSR count). The second-order valence-electron chi connectivity index (χ2n) is 6.23. The van der Waals surface area contributed by atoms with Gasteiger partial charge in [-0.15, -0.1) is 0 Å². The molecule has 0 atom stereocenters. The molecule has 0 spiro atoms. The van der Waals surface area contributed by atoms with Crippen LogP contribution < -0.4 is 11.3 Å². The quantitative estimate of drug-likeness (QED) is 0.437. The zero-order valence-electron chi connectivity index (χ0n) is 13.3. The Bertz CT molecular complexity index is 465. The minimum absolute atomic E-state index is 0.0176.